The summed E-state index contributed by atoms with van der Waals surface area (Å²) >= 11 is 0. The molecule has 100 valence electrons. The van der Waals surface area contributed by atoms with Crippen LogP contribution in [0.4, 0.5) is 8.78 Å². The lowest BCUT2D eigenvalue weighted by Gasteiger charge is -2.17. The highest BCUT2D eigenvalue weighted by atomic mass is 19.3. The van der Waals surface area contributed by atoms with E-state index in [0.29, 0.717) is 0 Å². The molecule has 2 atom stereocenters. The van der Waals surface area contributed by atoms with Crippen LogP contribution in [-0.4, -0.2) is 29.4 Å². The molecule has 1 rings (SSSR count). The molecule has 1 aromatic rings. The highest BCUT2D eigenvalue weighted by molar-refractivity contribution is 5.69. The Morgan fingerprint density at radius 1 is 1.22 bits per heavy atom. The van der Waals surface area contributed by atoms with Crippen molar-refractivity contribution in [3.05, 3.63) is 35.4 Å². The van der Waals surface area contributed by atoms with E-state index in [4.69, 9.17) is 0 Å². The minimum Gasteiger partial charge on any atom is -0.469 e. The van der Waals surface area contributed by atoms with Gasteiger partial charge in [-0.05, 0) is 5.56 Å². The average molecular weight is 260 g/mol. The summed E-state index contributed by atoms with van der Waals surface area (Å²) < 4.78 is 29.0. The van der Waals surface area contributed by atoms with Gasteiger partial charge in [0.15, 0.2) is 0 Å². The van der Waals surface area contributed by atoms with Crippen molar-refractivity contribution in [2.75, 3.05) is 7.11 Å². The molecule has 6 heteroatoms. The normalized spacial score (nSPS) is 14.3. The Kier molecular flexibility index (Phi) is 5.18. The largest absolute Gasteiger partial charge is 0.469 e. The summed E-state index contributed by atoms with van der Waals surface area (Å²) in [5.41, 5.74) is 0.0872. The molecule has 0 fully saturated rings. The monoisotopic (exact) mass is 260 g/mol. The second-order valence-electron chi connectivity index (χ2n) is 3.76. The summed E-state index contributed by atoms with van der Waals surface area (Å²) in [5, 5.41) is 19.3. The Bertz CT molecular complexity index is 392. The second-order valence-corrected chi connectivity index (χ2v) is 3.76. The van der Waals surface area contributed by atoms with E-state index in [1.807, 2.05) is 0 Å². The summed E-state index contributed by atoms with van der Waals surface area (Å²) in [7, 11) is 1.17. The van der Waals surface area contributed by atoms with Crippen molar-refractivity contribution in [3.63, 3.8) is 0 Å². The first kappa shape index (κ1) is 14.5. The molecule has 4 nitrogen and oxygen atoms in total. The van der Waals surface area contributed by atoms with E-state index < -0.39 is 24.6 Å². The summed E-state index contributed by atoms with van der Waals surface area (Å²) in [5.74, 6) is -0.661. The van der Waals surface area contributed by atoms with Gasteiger partial charge in [0.25, 0.3) is 6.43 Å². The maximum Gasteiger partial charge on any atom is 0.308 e. The molecular formula is C12H14F2O4. The van der Waals surface area contributed by atoms with Gasteiger partial charge in [-0.1, -0.05) is 24.3 Å². The van der Waals surface area contributed by atoms with Crippen LogP contribution in [-0.2, 0) is 9.53 Å². The molecule has 0 spiro atoms. The van der Waals surface area contributed by atoms with Crippen LogP contribution < -0.4 is 0 Å². The molecule has 1 aromatic carbocycles. The number of carbonyl (C=O) groups is 1. The average Bonchev–Trinajstić information content (AvgIpc) is 2.37. The van der Waals surface area contributed by atoms with Gasteiger partial charge >= 0.3 is 5.97 Å². The first-order valence-electron chi connectivity index (χ1n) is 5.26. The van der Waals surface area contributed by atoms with Gasteiger partial charge < -0.3 is 14.9 Å². The molecular weight excluding hydrogens is 246 g/mol. The molecule has 0 aliphatic rings. The molecule has 0 heterocycles. The molecule has 0 bridgehead atoms. The van der Waals surface area contributed by atoms with Gasteiger partial charge in [0.2, 0.25) is 0 Å². The molecule has 18 heavy (non-hydrogen) atoms. The number of aliphatic hydroxyl groups is 2. The maximum absolute atomic E-state index is 12.3. The van der Waals surface area contributed by atoms with Crippen molar-refractivity contribution in [1.82, 2.24) is 0 Å². The maximum atomic E-state index is 12.3. The first-order valence-corrected chi connectivity index (χ1v) is 5.26. The van der Waals surface area contributed by atoms with E-state index in [0.717, 1.165) is 12.1 Å². The molecule has 0 saturated heterocycles. The highest BCUT2D eigenvalue weighted by Gasteiger charge is 2.22. The third-order valence-corrected chi connectivity index (χ3v) is 2.50. The van der Waals surface area contributed by atoms with Crippen LogP contribution >= 0.6 is 0 Å². The summed E-state index contributed by atoms with van der Waals surface area (Å²) in [6.07, 6.45) is -5.62. The third-order valence-electron chi connectivity index (χ3n) is 2.50. The Morgan fingerprint density at radius 3 is 2.17 bits per heavy atom. The van der Waals surface area contributed by atoms with Gasteiger partial charge in [-0.25, -0.2) is 8.78 Å². The lowest BCUT2D eigenvalue weighted by atomic mass is 10.0. The number of halogens is 2. The lowest BCUT2D eigenvalue weighted by molar-refractivity contribution is -0.144. The number of hydrogen-bond acceptors (Lipinski definition) is 4. The summed E-state index contributed by atoms with van der Waals surface area (Å²) in [6.45, 7) is 0. The van der Waals surface area contributed by atoms with E-state index in [-0.39, 0.29) is 17.5 Å². The van der Waals surface area contributed by atoms with E-state index in [2.05, 4.69) is 4.74 Å². The number of hydrogen-bond donors (Lipinski definition) is 2. The van der Waals surface area contributed by atoms with Gasteiger partial charge in [0.05, 0.1) is 19.6 Å². The zero-order valence-corrected chi connectivity index (χ0v) is 9.72. The summed E-state index contributed by atoms with van der Waals surface area (Å²) in [4.78, 5) is 10.9. The number of rotatable bonds is 5. The Hall–Kier alpha value is -1.53. The van der Waals surface area contributed by atoms with Crippen LogP contribution in [0.1, 0.15) is 30.1 Å². The topological polar surface area (TPSA) is 66.8 Å². The van der Waals surface area contributed by atoms with E-state index >= 15 is 0 Å². The van der Waals surface area contributed by atoms with Crippen LogP contribution in [0, 0.1) is 0 Å². The van der Waals surface area contributed by atoms with Crippen LogP contribution in [0.15, 0.2) is 24.3 Å². The fourth-order valence-electron chi connectivity index (χ4n) is 1.43. The SMILES string of the molecule is COC(=O)CC(O)C(O)c1ccc(C(F)F)cc1. The van der Waals surface area contributed by atoms with Crippen molar-refractivity contribution in [3.8, 4) is 0 Å². The van der Waals surface area contributed by atoms with Crippen LogP contribution in [0.5, 0.6) is 0 Å². The predicted molar refractivity (Wildman–Crippen MR) is 59.0 cm³/mol. The van der Waals surface area contributed by atoms with Crippen molar-refractivity contribution in [2.24, 2.45) is 0 Å². The molecule has 0 radical (unpaired) electrons. The van der Waals surface area contributed by atoms with Crippen molar-refractivity contribution < 1.29 is 28.5 Å². The zero-order valence-electron chi connectivity index (χ0n) is 9.72. The second kappa shape index (κ2) is 6.42. The molecule has 2 unspecified atom stereocenters. The molecule has 0 aromatic heterocycles. The van der Waals surface area contributed by atoms with Crippen LogP contribution in [0.25, 0.3) is 0 Å². The fourth-order valence-corrected chi connectivity index (χ4v) is 1.43. The number of benzene rings is 1. The lowest BCUT2D eigenvalue weighted by Crippen LogP contribution is -2.22. The quantitative estimate of drug-likeness (QED) is 0.789. The number of esters is 1. The molecule has 0 aliphatic carbocycles. The van der Waals surface area contributed by atoms with Crippen molar-refractivity contribution in [2.45, 2.75) is 25.1 Å². The van der Waals surface area contributed by atoms with E-state index in [1.165, 1.54) is 19.2 Å². The van der Waals surface area contributed by atoms with Crippen LogP contribution in [0.2, 0.25) is 0 Å². The number of methoxy groups -OCH3 is 1. The van der Waals surface area contributed by atoms with Gasteiger partial charge in [-0.2, -0.15) is 0 Å². The smallest absolute Gasteiger partial charge is 0.308 e. The van der Waals surface area contributed by atoms with Crippen molar-refractivity contribution >= 4 is 5.97 Å². The van der Waals surface area contributed by atoms with Crippen molar-refractivity contribution in [1.29, 1.82) is 0 Å². The number of ether oxygens (including phenoxy) is 1. The van der Waals surface area contributed by atoms with E-state index in [1.54, 1.807) is 0 Å². The first-order chi connectivity index (χ1) is 8.45. The minimum absolute atomic E-state index is 0.173. The Labute approximate surface area is 103 Å². The molecule has 0 aliphatic heterocycles. The van der Waals surface area contributed by atoms with Crippen LogP contribution in [0.3, 0.4) is 0 Å². The molecule has 0 amide bonds. The minimum atomic E-state index is -2.59. The van der Waals surface area contributed by atoms with Gasteiger partial charge in [-0.15, -0.1) is 0 Å². The van der Waals surface area contributed by atoms with Gasteiger partial charge in [0, 0.05) is 5.56 Å². The third kappa shape index (κ3) is 3.75. The Balaban J connectivity index is 2.71. The van der Waals surface area contributed by atoms with Gasteiger partial charge in [0.1, 0.15) is 6.10 Å². The number of aliphatic hydroxyl groups excluding tert-OH is 2. The fraction of sp³-hybridized carbons (Fsp3) is 0.417. The number of alkyl halides is 2. The molecule has 0 saturated carbocycles. The highest BCUT2D eigenvalue weighted by Crippen LogP contribution is 2.23. The predicted octanol–water partition coefficient (Wildman–Crippen LogP) is 1.58. The summed E-state index contributed by atoms with van der Waals surface area (Å²) in [6, 6.07) is 4.89. The Morgan fingerprint density at radius 2 is 1.72 bits per heavy atom. The molecule has 2 N–H and O–H groups in total. The van der Waals surface area contributed by atoms with Gasteiger partial charge in [-0.3, -0.25) is 4.79 Å². The zero-order chi connectivity index (χ0) is 13.7. The van der Waals surface area contributed by atoms with E-state index in [9.17, 15) is 23.8 Å². The number of carbonyl (C=O) groups excluding carboxylic acids is 1. The standard InChI is InChI=1S/C12H14F2O4/c1-18-10(16)6-9(15)11(17)7-2-4-8(5-3-7)12(13)14/h2-5,9,11-12,15,17H,6H2,1H3.